The van der Waals surface area contributed by atoms with Crippen LogP contribution in [0.25, 0.3) is 0 Å². The average Bonchev–Trinajstić information content (AvgIpc) is 2.81. The predicted molar refractivity (Wildman–Crippen MR) is 59.1 cm³/mol. The van der Waals surface area contributed by atoms with Gasteiger partial charge in [0.15, 0.2) is 0 Å². The van der Waals surface area contributed by atoms with E-state index in [9.17, 15) is 8.42 Å². The highest BCUT2D eigenvalue weighted by molar-refractivity contribution is 7.89. The van der Waals surface area contributed by atoms with Crippen molar-refractivity contribution in [1.82, 2.24) is 14.7 Å². The number of aromatic nitrogens is 2. The van der Waals surface area contributed by atoms with E-state index < -0.39 is 10.0 Å². The zero-order chi connectivity index (χ0) is 11.4. The van der Waals surface area contributed by atoms with Gasteiger partial charge in [0.2, 0.25) is 10.0 Å². The van der Waals surface area contributed by atoms with Gasteiger partial charge in [-0.05, 0) is 23.8 Å². The molecule has 5 nitrogen and oxygen atoms in total. The number of rotatable bonds is 4. The quantitative estimate of drug-likeness (QED) is 0.829. The molecule has 0 saturated carbocycles. The molecule has 2 heterocycles. The summed E-state index contributed by atoms with van der Waals surface area (Å²) < 4.78 is 26.0. The van der Waals surface area contributed by atoms with E-state index in [0.29, 0.717) is 0 Å². The molecule has 0 unspecified atom stereocenters. The number of H-pyrrole nitrogens is 1. The highest BCUT2D eigenvalue weighted by Gasteiger charge is 2.12. The van der Waals surface area contributed by atoms with Gasteiger partial charge >= 0.3 is 0 Å². The Morgan fingerprint density at radius 1 is 1.38 bits per heavy atom. The first kappa shape index (κ1) is 10.8. The van der Waals surface area contributed by atoms with E-state index in [0.717, 1.165) is 5.56 Å². The topological polar surface area (TPSA) is 74.8 Å². The van der Waals surface area contributed by atoms with Gasteiger partial charge in [0.1, 0.15) is 4.90 Å². The van der Waals surface area contributed by atoms with E-state index in [1.807, 2.05) is 6.07 Å². The SMILES string of the molecule is O=S(=O)(NCc1cc[nH]c1)c1cccnc1. The zero-order valence-electron chi connectivity index (χ0n) is 8.42. The predicted octanol–water partition coefficient (Wildman–Crippen LogP) is 0.888. The minimum atomic E-state index is -3.46. The number of nitrogens with zero attached hydrogens (tertiary/aromatic N) is 1. The molecule has 2 rings (SSSR count). The second-order valence-corrected chi connectivity index (χ2v) is 5.00. The van der Waals surface area contributed by atoms with Crippen LogP contribution < -0.4 is 4.72 Å². The lowest BCUT2D eigenvalue weighted by Gasteiger charge is -2.04. The molecule has 2 N–H and O–H groups in total. The van der Waals surface area contributed by atoms with Crippen LogP contribution in [0.15, 0.2) is 47.9 Å². The molecule has 0 spiro atoms. The van der Waals surface area contributed by atoms with Gasteiger partial charge in [0, 0.05) is 31.3 Å². The molecule has 2 aromatic rings. The Kier molecular flexibility index (Phi) is 3.02. The number of hydrogen-bond donors (Lipinski definition) is 2. The van der Waals surface area contributed by atoms with Gasteiger partial charge in [-0.2, -0.15) is 0 Å². The standard InChI is InChI=1S/C10H11N3O2S/c14-16(15,10-2-1-4-11-8-10)13-7-9-3-5-12-6-9/h1-6,8,12-13H,7H2. The monoisotopic (exact) mass is 237 g/mol. The maximum absolute atomic E-state index is 11.8. The molecule has 0 aliphatic rings. The molecule has 0 aliphatic carbocycles. The van der Waals surface area contributed by atoms with Gasteiger partial charge in [-0.15, -0.1) is 0 Å². The molecular formula is C10H11N3O2S. The molecule has 0 aromatic carbocycles. The third kappa shape index (κ3) is 2.47. The van der Waals surface area contributed by atoms with Crippen molar-refractivity contribution in [3.05, 3.63) is 48.5 Å². The lowest BCUT2D eigenvalue weighted by atomic mass is 10.4. The van der Waals surface area contributed by atoms with Crippen molar-refractivity contribution in [3.63, 3.8) is 0 Å². The summed E-state index contributed by atoms with van der Waals surface area (Å²) in [6, 6.07) is 4.91. The molecule has 84 valence electrons. The van der Waals surface area contributed by atoms with Crippen LogP contribution in [0, 0.1) is 0 Å². The van der Waals surface area contributed by atoms with Crippen molar-refractivity contribution >= 4 is 10.0 Å². The first-order chi connectivity index (χ1) is 7.68. The first-order valence-electron chi connectivity index (χ1n) is 4.70. The number of nitrogens with one attached hydrogen (secondary N) is 2. The van der Waals surface area contributed by atoms with E-state index in [-0.39, 0.29) is 11.4 Å². The zero-order valence-corrected chi connectivity index (χ0v) is 9.24. The Labute approximate surface area is 93.6 Å². The Hall–Kier alpha value is -1.66. The van der Waals surface area contributed by atoms with Gasteiger partial charge in [-0.3, -0.25) is 4.98 Å². The van der Waals surface area contributed by atoms with Gasteiger partial charge in [-0.1, -0.05) is 0 Å². The molecule has 0 amide bonds. The Balaban J connectivity index is 2.10. The van der Waals surface area contributed by atoms with E-state index >= 15 is 0 Å². The Bertz CT molecular complexity index is 535. The van der Waals surface area contributed by atoms with Crippen LogP contribution >= 0.6 is 0 Å². The van der Waals surface area contributed by atoms with Gasteiger partial charge in [0.05, 0.1) is 0 Å². The van der Waals surface area contributed by atoms with Crippen molar-refractivity contribution in [2.24, 2.45) is 0 Å². The lowest BCUT2D eigenvalue weighted by Crippen LogP contribution is -2.23. The summed E-state index contributed by atoms with van der Waals surface area (Å²) in [7, 11) is -3.46. The minimum Gasteiger partial charge on any atom is -0.367 e. The third-order valence-electron chi connectivity index (χ3n) is 2.07. The Morgan fingerprint density at radius 2 is 2.25 bits per heavy atom. The van der Waals surface area contributed by atoms with Crippen LogP contribution in [0.5, 0.6) is 0 Å². The number of pyridine rings is 1. The summed E-state index contributed by atoms with van der Waals surface area (Å²) in [5.74, 6) is 0. The summed E-state index contributed by atoms with van der Waals surface area (Å²) in [6.07, 6.45) is 6.34. The number of hydrogen-bond acceptors (Lipinski definition) is 3. The Morgan fingerprint density at radius 3 is 2.88 bits per heavy atom. The van der Waals surface area contributed by atoms with Crippen molar-refractivity contribution < 1.29 is 8.42 Å². The van der Waals surface area contributed by atoms with Crippen LogP contribution in [-0.2, 0) is 16.6 Å². The van der Waals surface area contributed by atoms with E-state index in [1.54, 1.807) is 18.5 Å². The molecule has 0 saturated heterocycles. The maximum atomic E-state index is 11.8. The van der Waals surface area contributed by atoms with Crippen LogP contribution in [0.2, 0.25) is 0 Å². The fourth-order valence-electron chi connectivity index (χ4n) is 1.24. The average molecular weight is 237 g/mol. The molecule has 0 fully saturated rings. The molecule has 16 heavy (non-hydrogen) atoms. The smallest absolute Gasteiger partial charge is 0.242 e. The molecule has 0 atom stereocenters. The molecule has 0 radical (unpaired) electrons. The summed E-state index contributed by atoms with van der Waals surface area (Å²) in [5, 5.41) is 0. The van der Waals surface area contributed by atoms with Crippen molar-refractivity contribution in [2.75, 3.05) is 0 Å². The highest BCUT2D eigenvalue weighted by atomic mass is 32.2. The summed E-state index contributed by atoms with van der Waals surface area (Å²) in [4.78, 5) is 6.80. The minimum absolute atomic E-state index is 0.172. The highest BCUT2D eigenvalue weighted by Crippen LogP contribution is 2.06. The van der Waals surface area contributed by atoms with Crippen LogP contribution in [0.4, 0.5) is 0 Å². The van der Waals surface area contributed by atoms with E-state index in [4.69, 9.17) is 0 Å². The van der Waals surface area contributed by atoms with Gasteiger partial charge in [-0.25, -0.2) is 13.1 Å². The lowest BCUT2D eigenvalue weighted by molar-refractivity contribution is 0.581. The number of aromatic amines is 1. The second kappa shape index (κ2) is 4.46. The molecule has 0 bridgehead atoms. The van der Waals surface area contributed by atoms with Crippen LogP contribution in [0.3, 0.4) is 0 Å². The summed E-state index contributed by atoms with van der Waals surface area (Å²) in [5.41, 5.74) is 0.882. The fraction of sp³-hybridized carbons (Fsp3) is 0.100. The van der Waals surface area contributed by atoms with Crippen LogP contribution in [-0.4, -0.2) is 18.4 Å². The molecule has 0 aliphatic heterocycles. The van der Waals surface area contributed by atoms with Crippen molar-refractivity contribution in [2.45, 2.75) is 11.4 Å². The molecular weight excluding hydrogens is 226 g/mol. The van der Waals surface area contributed by atoms with Crippen LogP contribution in [0.1, 0.15) is 5.56 Å². The third-order valence-corrected chi connectivity index (χ3v) is 3.46. The van der Waals surface area contributed by atoms with Crippen molar-refractivity contribution in [1.29, 1.82) is 0 Å². The molecule has 2 aromatic heterocycles. The largest absolute Gasteiger partial charge is 0.367 e. The van der Waals surface area contributed by atoms with E-state index in [2.05, 4.69) is 14.7 Å². The van der Waals surface area contributed by atoms with Gasteiger partial charge < -0.3 is 4.98 Å². The summed E-state index contributed by atoms with van der Waals surface area (Å²) in [6.45, 7) is 0.265. The fourth-order valence-corrected chi connectivity index (χ4v) is 2.22. The summed E-state index contributed by atoms with van der Waals surface area (Å²) >= 11 is 0. The maximum Gasteiger partial charge on any atom is 0.242 e. The normalized spacial score (nSPS) is 11.5. The second-order valence-electron chi connectivity index (χ2n) is 3.23. The van der Waals surface area contributed by atoms with Gasteiger partial charge in [0.25, 0.3) is 0 Å². The van der Waals surface area contributed by atoms with Crippen molar-refractivity contribution in [3.8, 4) is 0 Å². The van der Waals surface area contributed by atoms with E-state index in [1.165, 1.54) is 18.5 Å². The number of sulfonamides is 1. The molecule has 6 heteroatoms. The first-order valence-corrected chi connectivity index (χ1v) is 6.18.